The normalized spacial score (nSPS) is 34.5. The molecule has 2 fully saturated rings. The SMILES string of the molecule is O=C([C@H]1N=CO[C@@H]1c1cccnc1)N1CC[C@]2(CS2)C1. The van der Waals surface area contributed by atoms with Crippen molar-refractivity contribution in [2.45, 2.75) is 23.3 Å². The topological polar surface area (TPSA) is 54.8 Å². The van der Waals surface area contributed by atoms with Crippen LogP contribution in [0, 0.1) is 0 Å². The van der Waals surface area contributed by atoms with Gasteiger partial charge < -0.3 is 9.64 Å². The molecule has 0 unspecified atom stereocenters. The maximum atomic E-state index is 12.6. The van der Waals surface area contributed by atoms with Gasteiger partial charge in [0.2, 0.25) is 0 Å². The summed E-state index contributed by atoms with van der Waals surface area (Å²) in [6.07, 6.45) is 5.63. The second-order valence-corrected chi connectivity index (χ2v) is 6.97. The number of carbonyl (C=O) groups excluding carboxylic acids is 1. The lowest BCUT2D eigenvalue weighted by Crippen LogP contribution is -2.39. The molecule has 1 aromatic rings. The molecule has 3 aliphatic heterocycles. The smallest absolute Gasteiger partial charge is 0.251 e. The van der Waals surface area contributed by atoms with E-state index < -0.39 is 6.04 Å². The van der Waals surface area contributed by atoms with E-state index in [-0.39, 0.29) is 12.0 Å². The van der Waals surface area contributed by atoms with E-state index in [1.54, 1.807) is 12.4 Å². The number of carbonyl (C=O) groups is 1. The summed E-state index contributed by atoms with van der Waals surface area (Å²) in [6, 6.07) is 3.32. The van der Waals surface area contributed by atoms with Gasteiger partial charge in [0, 0.05) is 41.5 Å². The Morgan fingerprint density at radius 2 is 2.45 bits per heavy atom. The molecule has 0 saturated carbocycles. The number of aliphatic imine (C=N–C) groups is 1. The minimum Gasteiger partial charge on any atom is -0.473 e. The molecule has 20 heavy (non-hydrogen) atoms. The van der Waals surface area contributed by atoms with Crippen LogP contribution in [0.4, 0.5) is 0 Å². The van der Waals surface area contributed by atoms with Crippen molar-refractivity contribution in [3.05, 3.63) is 30.1 Å². The molecule has 6 heteroatoms. The molecule has 2 saturated heterocycles. The van der Waals surface area contributed by atoms with Gasteiger partial charge in [-0.25, -0.2) is 4.99 Å². The number of amides is 1. The molecule has 4 rings (SSSR count). The van der Waals surface area contributed by atoms with Gasteiger partial charge in [-0.2, -0.15) is 11.8 Å². The van der Waals surface area contributed by atoms with E-state index in [9.17, 15) is 4.79 Å². The summed E-state index contributed by atoms with van der Waals surface area (Å²) < 4.78 is 5.88. The Morgan fingerprint density at radius 1 is 1.55 bits per heavy atom. The molecule has 0 radical (unpaired) electrons. The Balaban J connectivity index is 1.52. The number of aromatic nitrogens is 1. The van der Waals surface area contributed by atoms with Gasteiger partial charge in [0.05, 0.1) is 0 Å². The predicted octanol–water partition coefficient (Wildman–Crippen LogP) is 1.27. The van der Waals surface area contributed by atoms with E-state index in [1.807, 2.05) is 28.8 Å². The monoisotopic (exact) mass is 289 g/mol. The van der Waals surface area contributed by atoms with E-state index >= 15 is 0 Å². The van der Waals surface area contributed by atoms with Crippen LogP contribution in [0.2, 0.25) is 0 Å². The molecule has 1 amide bonds. The summed E-state index contributed by atoms with van der Waals surface area (Å²) in [5.74, 6) is 1.27. The number of pyridine rings is 1. The van der Waals surface area contributed by atoms with E-state index in [4.69, 9.17) is 4.74 Å². The quantitative estimate of drug-likeness (QED) is 0.769. The van der Waals surface area contributed by atoms with Crippen LogP contribution in [0.15, 0.2) is 29.5 Å². The van der Waals surface area contributed by atoms with Crippen molar-refractivity contribution >= 4 is 24.1 Å². The summed E-state index contributed by atoms with van der Waals surface area (Å²) in [5, 5.41) is 0. The van der Waals surface area contributed by atoms with Crippen molar-refractivity contribution in [1.82, 2.24) is 9.88 Å². The average Bonchev–Trinajstić information content (AvgIpc) is 2.92. The van der Waals surface area contributed by atoms with Crippen LogP contribution >= 0.6 is 11.8 Å². The van der Waals surface area contributed by atoms with Crippen LogP contribution in [-0.4, -0.2) is 51.8 Å². The van der Waals surface area contributed by atoms with Crippen molar-refractivity contribution in [2.75, 3.05) is 18.8 Å². The van der Waals surface area contributed by atoms with E-state index in [2.05, 4.69) is 9.98 Å². The summed E-state index contributed by atoms with van der Waals surface area (Å²) in [5.41, 5.74) is 0.901. The van der Waals surface area contributed by atoms with Crippen LogP contribution in [0.3, 0.4) is 0 Å². The van der Waals surface area contributed by atoms with Crippen LogP contribution in [-0.2, 0) is 9.53 Å². The van der Waals surface area contributed by atoms with Gasteiger partial charge in [0.15, 0.2) is 18.5 Å². The van der Waals surface area contributed by atoms with Gasteiger partial charge in [-0.05, 0) is 12.5 Å². The average molecular weight is 289 g/mol. The third-order valence-electron chi connectivity index (χ3n) is 4.16. The highest BCUT2D eigenvalue weighted by molar-refractivity contribution is 8.07. The van der Waals surface area contributed by atoms with Gasteiger partial charge >= 0.3 is 0 Å². The first-order valence-corrected chi connectivity index (χ1v) is 7.76. The highest BCUT2D eigenvalue weighted by atomic mass is 32.2. The minimum absolute atomic E-state index is 0.0805. The highest BCUT2D eigenvalue weighted by Crippen LogP contribution is 2.51. The zero-order valence-corrected chi connectivity index (χ0v) is 11.8. The molecule has 3 aliphatic rings. The molecule has 0 bridgehead atoms. The minimum atomic E-state index is -0.460. The van der Waals surface area contributed by atoms with Crippen LogP contribution in [0.5, 0.6) is 0 Å². The summed E-state index contributed by atoms with van der Waals surface area (Å²) in [7, 11) is 0. The lowest BCUT2D eigenvalue weighted by atomic mass is 10.0. The molecule has 3 atom stereocenters. The maximum Gasteiger partial charge on any atom is 0.251 e. The Hall–Kier alpha value is -1.56. The van der Waals surface area contributed by atoms with Crippen molar-refractivity contribution in [1.29, 1.82) is 0 Å². The predicted molar refractivity (Wildman–Crippen MR) is 76.7 cm³/mol. The van der Waals surface area contributed by atoms with Crippen LogP contribution < -0.4 is 0 Å². The zero-order valence-electron chi connectivity index (χ0n) is 10.9. The number of hydrogen-bond acceptors (Lipinski definition) is 5. The molecular weight excluding hydrogens is 274 g/mol. The van der Waals surface area contributed by atoms with Gasteiger partial charge in [-0.1, -0.05) is 6.07 Å². The third-order valence-corrected chi connectivity index (χ3v) is 5.60. The fourth-order valence-corrected chi connectivity index (χ4v) is 3.80. The standard InChI is InChI=1S/C14H15N3O2S/c18-13(17-5-3-14(7-17)8-20-14)11-12(19-9-16-11)10-2-1-4-15-6-10/h1-2,4,6,9,11-12H,3,5,7-8H2/t11-,12+,14+/m0/s1. The van der Waals surface area contributed by atoms with Crippen molar-refractivity contribution in [2.24, 2.45) is 4.99 Å². The Bertz CT molecular complexity index is 559. The van der Waals surface area contributed by atoms with Gasteiger partial charge in [0.25, 0.3) is 5.91 Å². The number of likely N-dealkylation sites (tertiary alicyclic amines) is 1. The summed E-state index contributed by atoms with van der Waals surface area (Å²) in [4.78, 5) is 22.9. The molecule has 4 heterocycles. The van der Waals surface area contributed by atoms with Gasteiger partial charge in [0.1, 0.15) is 0 Å². The van der Waals surface area contributed by atoms with E-state index in [0.29, 0.717) is 4.75 Å². The fraction of sp³-hybridized carbons (Fsp3) is 0.500. The molecular formula is C14H15N3O2S. The molecule has 0 aliphatic carbocycles. The largest absolute Gasteiger partial charge is 0.473 e. The fourth-order valence-electron chi connectivity index (χ4n) is 2.87. The van der Waals surface area contributed by atoms with E-state index in [1.165, 1.54) is 12.2 Å². The van der Waals surface area contributed by atoms with Crippen LogP contribution in [0.1, 0.15) is 18.1 Å². The van der Waals surface area contributed by atoms with Crippen molar-refractivity contribution in [3.8, 4) is 0 Å². The number of hydrogen-bond donors (Lipinski definition) is 0. The van der Waals surface area contributed by atoms with Crippen LogP contribution in [0.25, 0.3) is 0 Å². The van der Waals surface area contributed by atoms with Crippen molar-refractivity contribution < 1.29 is 9.53 Å². The Labute approximate surface area is 121 Å². The maximum absolute atomic E-state index is 12.6. The van der Waals surface area contributed by atoms with Crippen molar-refractivity contribution in [3.63, 3.8) is 0 Å². The lowest BCUT2D eigenvalue weighted by Gasteiger charge is -2.22. The molecule has 104 valence electrons. The molecule has 0 aromatic carbocycles. The zero-order chi connectivity index (χ0) is 13.6. The molecule has 0 N–H and O–H groups in total. The number of rotatable bonds is 2. The number of ether oxygens (including phenoxy) is 1. The van der Waals surface area contributed by atoms with E-state index in [0.717, 1.165) is 25.1 Å². The molecule has 5 nitrogen and oxygen atoms in total. The molecule has 1 spiro atoms. The highest BCUT2D eigenvalue weighted by Gasteiger charge is 2.51. The second kappa shape index (κ2) is 4.48. The third kappa shape index (κ3) is 1.98. The Kier molecular flexibility index (Phi) is 2.73. The first-order valence-electron chi connectivity index (χ1n) is 6.77. The lowest BCUT2D eigenvalue weighted by molar-refractivity contribution is -0.133. The first kappa shape index (κ1) is 12.2. The van der Waals surface area contributed by atoms with Gasteiger partial charge in [-0.15, -0.1) is 0 Å². The Morgan fingerprint density at radius 3 is 3.15 bits per heavy atom. The van der Waals surface area contributed by atoms with Gasteiger partial charge in [-0.3, -0.25) is 9.78 Å². The summed E-state index contributed by atoms with van der Waals surface area (Å²) >= 11 is 1.97. The first-order chi connectivity index (χ1) is 9.77. The number of nitrogens with zero attached hydrogens (tertiary/aromatic N) is 3. The number of thioether (sulfide) groups is 1. The second-order valence-electron chi connectivity index (χ2n) is 5.52. The summed E-state index contributed by atoms with van der Waals surface area (Å²) in [6.45, 7) is 1.71. The molecule has 1 aromatic heterocycles.